The fourth-order valence-electron chi connectivity index (χ4n) is 3.48. The van der Waals surface area contributed by atoms with E-state index in [1.807, 2.05) is 24.1 Å². The molecule has 0 radical (unpaired) electrons. The van der Waals surface area contributed by atoms with Crippen molar-refractivity contribution < 1.29 is 14.3 Å². The van der Waals surface area contributed by atoms with Gasteiger partial charge in [-0.2, -0.15) is 0 Å². The van der Waals surface area contributed by atoms with E-state index in [0.717, 1.165) is 12.8 Å². The number of carbonyl (C=O) groups is 2. The average Bonchev–Trinajstić information content (AvgIpc) is 3.18. The van der Waals surface area contributed by atoms with E-state index in [1.54, 1.807) is 0 Å². The highest BCUT2D eigenvalue weighted by Gasteiger charge is 2.26. The Bertz CT molecular complexity index is 605. The summed E-state index contributed by atoms with van der Waals surface area (Å²) < 4.78 is 5.66. The molecule has 0 aromatic carbocycles. The van der Waals surface area contributed by atoms with Gasteiger partial charge in [0.1, 0.15) is 0 Å². The van der Waals surface area contributed by atoms with Crippen LogP contribution in [0.2, 0.25) is 0 Å². The Morgan fingerprint density at radius 2 is 1.96 bits per heavy atom. The second-order valence-corrected chi connectivity index (χ2v) is 7.81. The Kier molecular flexibility index (Phi) is 5.90. The molecule has 1 aliphatic carbocycles. The van der Waals surface area contributed by atoms with Crippen LogP contribution in [0.15, 0.2) is 5.38 Å². The molecular formula is C17H26N4O3S. The number of anilines is 1. The predicted molar refractivity (Wildman–Crippen MR) is 96.8 cm³/mol. The highest BCUT2D eigenvalue weighted by atomic mass is 32.1. The van der Waals surface area contributed by atoms with E-state index in [2.05, 4.69) is 15.6 Å². The zero-order valence-electron chi connectivity index (χ0n) is 14.8. The third kappa shape index (κ3) is 5.15. The van der Waals surface area contributed by atoms with Crippen LogP contribution in [0, 0.1) is 0 Å². The number of rotatable bonds is 4. The fourth-order valence-corrected chi connectivity index (χ4v) is 4.19. The van der Waals surface area contributed by atoms with Gasteiger partial charge in [0.15, 0.2) is 5.13 Å². The normalized spacial score (nSPS) is 24.3. The third-order valence-corrected chi connectivity index (χ3v) is 5.37. The maximum atomic E-state index is 12.5. The van der Waals surface area contributed by atoms with Crippen molar-refractivity contribution in [2.24, 2.45) is 0 Å². The van der Waals surface area contributed by atoms with Gasteiger partial charge in [0, 0.05) is 24.5 Å². The summed E-state index contributed by atoms with van der Waals surface area (Å²) in [6, 6.07) is 0.0567. The molecule has 25 heavy (non-hydrogen) atoms. The Hall–Kier alpha value is -1.67. The number of urea groups is 1. The predicted octanol–water partition coefficient (Wildman–Crippen LogP) is 2.39. The third-order valence-electron chi connectivity index (χ3n) is 4.57. The molecule has 3 rings (SSSR count). The van der Waals surface area contributed by atoms with Crippen LogP contribution in [0.25, 0.3) is 0 Å². The molecule has 3 amide bonds. The zero-order valence-corrected chi connectivity index (χ0v) is 15.6. The molecule has 0 bridgehead atoms. The maximum Gasteiger partial charge on any atom is 0.321 e. The lowest BCUT2D eigenvalue weighted by Gasteiger charge is -2.35. The fraction of sp³-hybridized carbons (Fsp3) is 0.706. The van der Waals surface area contributed by atoms with Crippen LogP contribution >= 0.6 is 11.3 Å². The number of carbonyl (C=O) groups excluding carboxylic acids is 2. The molecule has 1 aliphatic heterocycles. The topological polar surface area (TPSA) is 83.6 Å². The van der Waals surface area contributed by atoms with Crippen LogP contribution in [-0.4, -0.2) is 53.2 Å². The molecule has 2 fully saturated rings. The minimum atomic E-state index is -0.213. The summed E-state index contributed by atoms with van der Waals surface area (Å²) in [5.41, 5.74) is 0.693. The minimum absolute atomic E-state index is 0.0502. The molecule has 1 aromatic rings. The van der Waals surface area contributed by atoms with Crippen LogP contribution in [0.5, 0.6) is 0 Å². The van der Waals surface area contributed by atoms with Gasteiger partial charge in [-0.1, -0.05) is 12.8 Å². The number of amides is 3. The number of hydrogen-bond donors (Lipinski definition) is 2. The van der Waals surface area contributed by atoms with E-state index in [-0.39, 0.29) is 36.6 Å². The van der Waals surface area contributed by atoms with Crippen molar-refractivity contribution in [1.82, 2.24) is 15.2 Å². The van der Waals surface area contributed by atoms with Gasteiger partial charge in [-0.25, -0.2) is 9.78 Å². The van der Waals surface area contributed by atoms with Crippen molar-refractivity contribution in [3.05, 3.63) is 11.1 Å². The lowest BCUT2D eigenvalue weighted by Crippen LogP contribution is -2.48. The van der Waals surface area contributed by atoms with Crippen molar-refractivity contribution in [2.45, 2.75) is 64.2 Å². The monoisotopic (exact) mass is 366 g/mol. The highest BCUT2D eigenvalue weighted by Crippen LogP contribution is 2.20. The van der Waals surface area contributed by atoms with Gasteiger partial charge in [0.2, 0.25) is 5.91 Å². The van der Waals surface area contributed by atoms with Gasteiger partial charge in [-0.15, -0.1) is 11.3 Å². The van der Waals surface area contributed by atoms with E-state index in [1.165, 1.54) is 24.2 Å². The van der Waals surface area contributed by atoms with Crippen LogP contribution in [-0.2, 0) is 16.0 Å². The molecule has 1 saturated heterocycles. The maximum absolute atomic E-state index is 12.5. The Balaban J connectivity index is 1.49. The summed E-state index contributed by atoms with van der Waals surface area (Å²) in [7, 11) is 0. The highest BCUT2D eigenvalue weighted by molar-refractivity contribution is 7.13. The van der Waals surface area contributed by atoms with Crippen molar-refractivity contribution >= 4 is 28.4 Å². The van der Waals surface area contributed by atoms with Gasteiger partial charge in [-0.3, -0.25) is 10.1 Å². The molecule has 1 aromatic heterocycles. The number of nitrogens with zero attached hydrogens (tertiary/aromatic N) is 2. The van der Waals surface area contributed by atoms with Crippen molar-refractivity contribution in [3.8, 4) is 0 Å². The summed E-state index contributed by atoms with van der Waals surface area (Å²) in [5.74, 6) is 0.0502. The molecule has 8 heteroatoms. The van der Waals surface area contributed by atoms with Crippen LogP contribution in [0.3, 0.4) is 0 Å². The standard InChI is InChI=1S/C17H26N4O3S/c1-11-8-21(9-12(2)24-11)15(22)7-14-10-25-17(19-14)20-16(23)18-13-5-3-4-6-13/h10-13H,3-9H2,1-2H3,(H2,18,19,20,23). The van der Waals surface area contributed by atoms with Crippen molar-refractivity contribution in [3.63, 3.8) is 0 Å². The minimum Gasteiger partial charge on any atom is -0.372 e. The molecule has 2 unspecified atom stereocenters. The van der Waals surface area contributed by atoms with E-state index in [0.29, 0.717) is 23.9 Å². The zero-order chi connectivity index (χ0) is 17.8. The first kappa shape index (κ1) is 18.1. The number of nitrogens with one attached hydrogen (secondary N) is 2. The largest absolute Gasteiger partial charge is 0.372 e. The van der Waals surface area contributed by atoms with Crippen LogP contribution in [0.1, 0.15) is 45.2 Å². The van der Waals surface area contributed by atoms with Crippen molar-refractivity contribution in [1.29, 1.82) is 0 Å². The molecule has 1 saturated carbocycles. The van der Waals surface area contributed by atoms with Crippen molar-refractivity contribution in [2.75, 3.05) is 18.4 Å². The van der Waals surface area contributed by atoms with E-state index in [4.69, 9.17) is 4.74 Å². The molecule has 0 spiro atoms. The first-order valence-electron chi connectivity index (χ1n) is 8.94. The number of ether oxygens (including phenoxy) is 1. The smallest absolute Gasteiger partial charge is 0.321 e. The Morgan fingerprint density at radius 1 is 1.28 bits per heavy atom. The summed E-state index contributed by atoms with van der Waals surface area (Å²) in [4.78, 5) is 30.6. The van der Waals surface area contributed by atoms with E-state index < -0.39 is 0 Å². The lowest BCUT2D eigenvalue weighted by atomic mass is 10.2. The summed E-state index contributed by atoms with van der Waals surface area (Å²) in [6.07, 6.45) is 4.80. The molecule has 2 atom stereocenters. The first-order chi connectivity index (χ1) is 12.0. The molecule has 7 nitrogen and oxygen atoms in total. The van der Waals surface area contributed by atoms with E-state index >= 15 is 0 Å². The second kappa shape index (κ2) is 8.14. The average molecular weight is 366 g/mol. The molecule has 2 heterocycles. The van der Waals surface area contributed by atoms with Gasteiger partial charge in [0.25, 0.3) is 0 Å². The first-order valence-corrected chi connectivity index (χ1v) is 9.82. The van der Waals surface area contributed by atoms with Crippen LogP contribution in [0.4, 0.5) is 9.93 Å². The number of morpholine rings is 1. The quantitative estimate of drug-likeness (QED) is 0.857. The van der Waals surface area contributed by atoms with Gasteiger partial charge in [0.05, 0.1) is 24.3 Å². The Labute approximate surface area is 152 Å². The van der Waals surface area contributed by atoms with Gasteiger partial charge < -0.3 is 15.0 Å². The molecular weight excluding hydrogens is 340 g/mol. The molecule has 138 valence electrons. The van der Waals surface area contributed by atoms with E-state index in [9.17, 15) is 9.59 Å². The number of hydrogen-bond acceptors (Lipinski definition) is 5. The lowest BCUT2D eigenvalue weighted by molar-refractivity contribution is -0.142. The van der Waals surface area contributed by atoms with Crippen LogP contribution < -0.4 is 10.6 Å². The summed E-state index contributed by atoms with van der Waals surface area (Å²) in [6.45, 7) is 5.18. The molecule has 2 N–H and O–H groups in total. The Morgan fingerprint density at radius 3 is 2.64 bits per heavy atom. The molecule has 2 aliphatic rings. The second-order valence-electron chi connectivity index (χ2n) is 6.96. The number of aromatic nitrogens is 1. The SMILES string of the molecule is CC1CN(C(=O)Cc2csc(NC(=O)NC3CCCC3)n2)CC(C)O1. The number of thiazole rings is 1. The van der Waals surface area contributed by atoms with Gasteiger partial charge >= 0.3 is 6.03 Å². The van der Waals surface area contributed by atoms with Gasteiger partial charge in [-0.05, 0) is 26.7 Å². The summed E-state index contributed by atoms with van der Waals surface area (Å²) in [5, 5.41) is 8.09. The summed E-state index contributed by atoms with van der Waals surface area (Å²) >= 11 is 1.35.